The first-order valence-corrected chi connectivity index (χ1v) is 8.18. The van der Waals surface area contributed by atoms with Crippen molar-refractivity contribution in [2.45, 2.75) is 32.6 Å². The van der Waals surface area contributed by atoms with Crippen molar-refractivity contribution in [1.82, 2.24) is 10.2 Å². The molecule has 1 aliphatic heterocycles. The maximum absolute atomic E-state index is 13.1. The van der Waals surface area contributed by atoms with Gasteiger partial charge in [0.05, 0.1) is 0 Å². The van der Waals surface area contributed by atoms with Gasteiger partial charge in [-0.1, -0.05) is 6.92 Å². The fourth-order valence-electron chi connectivity index (χ4n) is 2.99. The van der Waals surface area contributed by atoms with E-state index in [4.69, 9.17) is 0 Å². The number of amides is 2. The minimum Gasteiger partial charge on any atom is -0.396 e. The zero-order chi connectivity index (χ0) is 17.7. The van der Waals surface area contributed by atoms with Gasteiger partial charge in [-0.2, -0.15) is 0 Å². The Balaban J connectivity index is 1.80. The number of aliphatic hydroxyl groups excluding tert-OH is 1. The topological polar surface area (TPSA) is 52.6 Å². The third-order valence-corrected chi connectivity index (χ3v) is 4.93. The van der Waals surface area contributed by atoms with Crippen LogP contribution < -0.4 is 5.32 Å². The number of nitrogens with one attached hydrogen (secondary N) is 1. The molecule has 1 aromatic carbocycles. The molecule has 1 aliphatic rings. The molecule has 1 fully saturated rings. The Hall–Kier alpha value is -1.76. The van der Waals surface area contributed by atoms with Gasteiger partial charge < -0.3 is 15.3 Å². The van der Waals surface area contributed by atoms with Gasteiger partial charge >= 0.3 is 6.03 Å². The van der Waals surface area contributed by atoms with Gasteiger partial charge in [0, 0.05) is 26.2 Å². The van der Waals surface area contributed by atoms with Crippen molar-refractivity contribution in [2.24, 2.45) is 5.41 Å². The molecule has 0 saturated carbocycles. The van der Waals surface area contributed by atoms with Gasteiger partial charge in [-0.15, -0.1) is 0 Å². The predicted molar refractivity (Wildman–Crippen MR) is 84.0 cm³/mol. The summed E-state index contributed by atoms with van der Waals surface area (Å²) < 4.78 is 39.1. The van der Waals surface area contributed by atoms with Gasteiger partial charge in [0.25, 0.3) is 0 Å². The van der Waals surface area contributed by atoms with E-state index < -0.39 is 17.5 Å². The third kappa shape index (κ3) is 4.20. The molecular formula is C17H23F3N2O2. The Labute approximate surface area is 139 Å². The minimum atomic E-state index is -1.49. The van der Waals surface area contributed by atoms with Crippen molar-refractivity contribution < 1.29 is 23.1 Å². The lowest BCUT2D eigenvalue weighted by Gasteiger charge is -2.40. The van der Waals surface area contributed by atoms with E-state index in [1.807, 2.05) is 6.92 Å². The first kappa shape index (κ1) is 18.6. The molecule has 1 heterocycles. The molecule has 2 rings (SSSR count). The number of benzene rings is 1. The maximum Gasteiger partial charge on any atom is 0.317 e. The highest BCUT2D eigenvalue weighted by molar-refractivity contribution is 5.74. The molecule has 1 aromatic rings. The molecule has 4 nitrogen and oxygen atoms in total. The molecule has 134 valence electrons. The summed E-state index contributed by atoms with van der Waals surface area (Å²) in [6.45, 7) is 3.51. The van der Waals surface area contributed by atoms with Crippen LogP contribution in [0.5, 0.6) is 0 Å². The highest BCUT2D eigenvalue weighted by Crippen LogP contribution is 2.34. The maximum atomic E-state index is 13.1. The summed E-state index contributed by atoms with van der Waals surface area (Å²) >= 11 is 0. The van der Waals surface area contributed by atoms with Gasteiger partial charge in [-0.05, 0) is 48.8 Å². The molecule has 7 heteroatoms. The Kier molecular flexibility index (Phi) is 6.10. The number of likely N-dealkylation sites (tertiary alicyclic amines) is 1. The van der Waals surface area contributed by atoms with Gasteiger partial charge in [0.15, 0.2) is 17.5 Å². The Morgan fingerprint density at radius 3 is 2.33 bits per heavy atom. The van der Waals surface area contributed by atoms with Crippen molar-refractivity contribution in [3.05, 3.63) is 35.1 Å². The zero-order valence-electron chi connectivity index (χ0n) is 13.7. The molecule has 2 amide bonds. The first-order chi connectivity index (χ1) is 11.4. The quantitative estimate of drug-likeness (QED) is 0.807. The molecule has 1 saturated heterocycles. The zero-order valence-corrected chi connectivity index (χ0v) is 13.7. The smallest absolute Gasteiger partial charge is 0.317 e. The van der Waals surface area contributed by atoms with Crippen LogP contribution in [-0.4, -0.2) is 42.3 Å². The van der Waals surface area contributed by atoms with E-state index in [1.54, 1.807) is 4.90 Å². The monoisotopic (exact) mass is 344 g/mol. The number of halogens is 3. The summed E-state index contributed by atoms with van der Waals surface area (Å²) in [6, 6.07) is 1.63. The molecule has 0 bridgehead atoms. The van der Waals surface area contributed by atoms with Crippen LogP contribution in [0, 0.1) is 22.9 Å². The van der Waals surface area contributed by atoms with Crippen molar-refractivity contribution >= 4 is 6.03 Å². The SMILES string of the molecule is CCC1(CO)CCN(C(=O)NCCc2cc(F)c(F)c(F)c2)CC1. The molecule has 0 aromatic heterocycles. The van der Waals surface area contributed by atoms with Crippen LogP contribution >= 0.6 is 0 Å². The van der Waals surface area contributed by atoms with Crippen LogP contribution in [-0.2, 0) is 6.42 Å². The average Bonchev–Trinajstić information content (AvgIpc) is 2.59. The summed E-state index contributed by atoms with van der Waals surface area (Å²) in [4.78, 5) is 13.8. The molecule has 0 unspecified atom stereocenters. The number of urea groups is 1. The highest BCUT2D eigenvalue weighted by Gasteiger charge is 2.33. The first-order valence-electron chi connectivity index (χ1n) is 8.18. The summed E-state index contributed by atoms with van der Waals surface area (Å²) in [5.41, 5.74) is 0.190. The molecule has 24 heavy (non-hydrogen) atoms. The Morgan fingerprint density at radius 1 is 1.25 bits per heavy atom. The van der Waals surface area contributed by atoms with E-state index in [-0.39, 0.29) is 36.6 Å². The fourth-order valence-corrected chi connectivity index (χ4v) is 2.99. The van der Waals surface area contributed by atoms with E-state index in [0.717, 1.165) is 31.4 Å². The standard InChI is InChI=1S/C17H23F3N2O2/c1-2-17(11-23)4-7-22(8-5-17)16(24)21-6-3-12-9-13(18)15(20)14(19)10-12/h9-10,23H,2-8,11H2,1H3,(H,21,24). The fraction of sp³-hybridized carbons (Fsp3) is 0.588. The molecular weight excluding hydrogens is 321 g/mol. The van der Waals surface area contributed by atoms with Crippen LogP contribution in [0.4, 0.5) is 18.0 Å². The van der Waals surface area contributed by atoms with Crippen LogP contribution in [0.2, 0.25) is 0 Å². The van der Waals surface area contributed by atoms with Crippen molar-refractivity contribution in [1.29, 1.82) is 0 Å². The van der Waals surface area contributed by atoms with E-state index in [9.17, 15) is 23.1 Å². The molecule has 0 aliphatic carbocycles. The van der Waals surface area contributed by atoms with Gasteiger partial charge in [0.2, 0.25) is 0 Å². The lowest BCUT2D eigenvalue weighted by molar-refractivity contribution is 0.0520. The van der Waals surface area contributed by atoms with E-state index in [1.165, 1.54) is 0 Å². The Bertz CT molecular complexity index is 558. The molecule has 2 N–H and O–H groups in total. The number of aliphatic hydroxyl groups is 1. The minimum absolute atomic E-state index is 0.0973. The van der Waals surface area contributed by atoms with Crippen LogP contribution in [0.25, 0.3) is 0 Å². The average molecular weight is 344 g/mol. The normalized spacial score (nSPS) is 17.0. The number of hydrogen-bond donors (Lipinski definition) is 2. The molecule has 0 spiro atoms. The van der Waals surface area contributed by atoms with Crippen LogP contribution in [0.3, 0.4) is 0 Å². The van der Waals surface area contributed by atoms with Gasteiger partial charge in [-0.3, -0.25) is 0 Å². The summed E-state index contributed by atoms with van der Waals surface area (Å²) in [7, 11) is 0. The second-order valence-electron chi connectivity index (χ2n) is 6.35. The highest BCUT2D eigenvalue weighted by atomic mass is 19.2. The lowest BCUT2D eigenvalue weighted by Crippen LogP contribution is -2.48. The summed E-state index contributed by atoms with van der Waals surface area (Å²) in [5, 5.41) is 12.2. The molecule has 0 atom stereocenters. The van der Waals surface area contributed by atoms with Gasteiger partial charge in [0.1, 0.15) is 0 Å². The third-order valence-electron chi connectivity index (χ3n) is 4.93. The van der Waals surface area contributed by atoms with Crippen molar-refractivity contribution in [3.63, 3.8) is 0 Å². The number of carbonyl (C=O) groups is 1. The van der Waals surface area contributed by atoms with E-state index in [0.29, 0.717) is 13.1 Å². The predicted octanol–water partition coefficient (Wildman–Crippen LogP) is 2.84. The van der Waals surface area contributed by atoms with Crippen LogP contribution in [0.15, 0.2) is 12.1 Å². The second kappa shape index (κ2) is 7.88. The lowest BCUT2D eigenvalue weighted by atomic mass is 9.77. The summed E-state index contributed by atoms with van der Waals surface area (Å²) in [5.74, 6) is -3.95. The largest absolute Gasteiger partial charge is 0.396 e. The number of nitrogens with zero attached hydrogens (tertiary/aromatic N) is 1. The summed E-state index contributed by atoms with van der Waals surface area (Å²) in [6.07, 6.45) is 2.59. The number of piperidine rings is 1. The van der Waals surface area contributed by atoms with E-state index >= 15 is 0 Å². The number of rotatable bonds is 5. The van der Waals surface area contributed by atoms with Crippen molar-refractivity contribution in [3.8, 4) is 0 Å². The van der Waals surface area contributed by atoms with E-state index in [2.05, 4.69) is 5.32 Å². The van der Waals surface area contributed by atoms with Crippen molar-refractivity contribution in [2.75, 3.05) is 26.2 Å². The molecule has 0 radical (unpaired) electrons. The second-order valence-corrected chi connectivity index (χ2v) is 6.35. The number of hydrogen-bond acceptors (Lipinski definition) is 2. The Morgan fingerprint density at radius 2 is 1.83 bits per heavy atom. The van der Waals surface area contributed by atoms with Gasteiger partial charge in [-0.25, -0.2) is 18.0 Å². The van der Waals surface area contributed by atoms with Crippen LogP contribution in [0.1, 0.15) is 31.7 Å². The number of carbonyl (C=O) groups excluding carboxylic acids is 1.